The summed E-state index contributed by atoms with van der Waals surface area (Å²) >= 11 is 5.23. The Kier molecular flexibility index (Phi) is 3.55. The molecule has 0 bridgehead atoms. The molecular formula is C17H12FN5S. The third-order valence-corrected chi connectivity index (χ3v) is 3.93. The highest BCUT2D eigenvalue weighted by Crippen LogP contribution is 2.19. The van der Waals surface area contributed by atoms with Gasteiger partial charge >= 0.3 is 0 Å². The Bertz CT molecular complexity index is 1110. The maximum absolute atomic E-state index is 13.5. The topological polar surface area (TPSA) is 61.8 Å². The van der Waals surface area contributed by atoms with Crippen LogP contribution in [0.3, 0.4) is 0 Å². The number of nitrogens with one attached hydrogen (secondary N) is 2. The molecule has 7 heteroatoms. The Morgan fingerprint density at radius 3 is 2.92 bits per heavy atom. The standard InChI is InChI=1S/C17H12FN5S/c18-13-5-3-4-11(8-13)16-21-22-17(24)23(16)20-10-12-9-19-15-7-2-1-6-14(12)15/h1-10,19H,(H,22,24)/b20-10+. The number of para-hydroxylation sites is 1. The summed E-state index contributed by atoms with van der Waals surface area (Å²) in [6.45, 7) is 0. The minimum absolute atomic E-state index is 0.338. The summed E-state index contributed by atoms with van der Waals surface area (Å²) in [6, 6.07) is 14.1. The van der Waals surface area contributed by atoms with Gasteiger partial charge in [0.1, 0.15) is 5.82 Å². The van der Waals surface area contributed by atoms with Gasteiger partial charge in [0.15, 0.2) is 5.82 Å². The molecule has 0 saturated heterocycles. The summed E-state index contributed by atoms with van der Waals surface area (Å²) in [4.78, 5) is 3.19. The number of hydrogen-bond donors (Lipinski definition) is 2. The third kappa shape index (κ3) is 2.55. The number of H-pyrrole nitrogens is 2. The molecule has 2 aromatic heterocycles. The van der Waals surface area contributed by atoms with E-state index in [2.05, 4.69) is 20.3 Å². The highest BCUT2D eigenvalue weighted by atomic mass is 32.1. The predicted molar refractivity (Wildman–Crippen MR) is 94.1 cm³/mol. The SMILES string of the molecule is Fc1cccc(-c2n[nH]c(=S)n2/N=C/c2c[nH]c3ccccc23)c1. The van der Waals surface area contributed by atoms with Crippen molar-refractivity contribution in [1.29, 1.82) is 0 Å². The van der Waals surface area contributed by atoms with Gasteiger partial charge in [0.05, 0.1) is 6.21 Å². The zero-order valence-corrected chi connectivity index (χ0v) is 13.2. The summed E-state index contributed by atoms with van der Waals surface area (Å²) < 4.78 is 15.3. The van der Waals surface area contributed by atoms with Crippen LogP contribution in [-0.2, 0) is 0 Å². The van der Waals surface area contributed by atoms with Gasteiger partial charge in [-0.05, 0) is 30.4 Å². The van der Waals surface area contributed by atoms with Crippen molar-refractivity contribution in [2.24, 2.45) is 5.10 Å². The third-order valence-electron chi connectivity index (χ3n) is 3.67. The Morgan fingerprint density at radius 1 is 1.17 bits per heavy atom. The summed E-state index contributed by atoms with van der Waals surface area (Å²) in [5.74, 6) is 0.115. The van der Waals surface area contributed by atoms with Crippen molar-refractivity contribution >= 4 is 29.3 Å². The molecule has 4 rings (SSSR count). The van der Waals surface area contributed by atoms with E-state index in [9.17, 15) is 4.39 Å². The van der Waals surface area contributed by atoms with E-state index in [0.717, 1.165) is 16.5 Å². The Morgan fingerprint density at radius 2 is 2.04 bits per heavy atom. The smallest absolute Gasteiger partial charge is 0.216 e. The maximum atomic E-state index is 13.5. The molecule has 24 heavy (non-hydrogen) atoms. The lowest BCUT2D eigenvalue weighted by atomic mass is 10.2. The second-order valence-electron chi connectivity index (χ2n) is 5.21. The van der Waals surface area contributed by atoms with Gasteiger partial charge in [0, 0.05) is 28.2 Å². The molecule has 0 aliphatic heterocycles. The summed E-state index contributed by atoms with van der Waals surface area (Å²) in [6.07, 6.45) is 3.58. The second kappa shape index (κ2) is 5.86. The van der Waals surface area contributed by atoms with Gasteiger partial charge < -0.3 is 4.98 Å². The van der Waals surface area contributed by atoms with Crippen molar-refractivity contribution in [1.82, 2.24) is 19.9 Å². The monoisotopic (exact) mass is 337 g/mol. The van der Waals surface area contributed by atoms with Crippen molar-refractivity contribution in [2.75, 3.05) is 0 Å². The number of benzene rings is 2. The number of halogens is 1. The molecule has 0 aliphatic carbocycles. The normalized spacial score (nSPS) is 11.5. The zero-order valence-electron chi connectivity index (χ0n) is 12.4. The van der Waals surface area contributed by atoms with Gasteiger partial charge in [0.25, 0.3) is 0 Å². The number of fused-ring (bicyclic) bond motifs is 1. The van der Waals surface area contributed by atoms with Crippen LogP contribution in [-0.4, -0.2) is 26.1 Å². The van der Waals surface area contributed by atoms with Crippen LogP contribution >= 0.6 is 12.2 Å². The van der Waals surface area contributed by atoms with Crippen LogP contribution in [0.5, 0.6) is 0 Å². The van der Waals surface area contributed by atoms with E-state index in [-0.39, 0.29) is 5.82 Å². The summed E-state index contributed by atoms with van der Waals surface area (Å²) in [5.41, 5.74) is 2.55. The molecule has 0 aliphatic rings. The largest absolute Gasteiger partial charge is 0.361 e. The fraction of sp³-hybridized carbons (Fsp3) is 0. The Labute approximate surface area is 141 Å². The van der Waals surface area contributed by atoms with Crippen LogP contribution in [0.15, 0.2) is 59.8 Å². The fourth-order valence-electron chi connectivity index (χ4n) is 2.53. The van der Waals surface area contributed by atoms with Crippen molar-refractivity contribution in [3.63, 3.8) is 0 Å². The van der Waals surface area contributed by atoms with Crippen molar-refractivity contribution in [3.05, 3.63) is 70.9 Å². The molecule has 0 radical (unpaired) electrons. The highest BCUT2D eigenvalue weighted by molar-refractivity contribution is 7.71. The molecule has 118 valence electrons. The van der Waals surface area contributed by atoms with Gasteiger partial charge in [-0.15, -0.1) is 0 Å². The van der Waals surface area contributed by atoms with Gasteiger partial charge in [-0.25, -0.2) is 9.49 Å². The van der Waals surface area contributed by atoms with Crippen LogP contribution in [0.1, 0.15) is 5.56 Å². The van der Waals surface area contributed by atoms with Crippen LogP contribution in [0.2, 0.25) is 0 Å². The van der Waals surface area contributed by atoms with Gasteiger partial charge in [-0.3, -0.25) is 0 Å². The van der Waals surface area contributed by atoms with Crippen molar-refractivity contribution in [3.8, 4) is 11.4 Å². The van der Waals surface area contributed by atoms with E-state index in [1.54, 1.807) is 18.3 Å². The zero-order chi connectivity index (χ0) is 16.5. The number of nitrogens with zero attached hydrogens (tertiary/aromatic N) is 3. The van der Waals surface area contributed by atoms with Crippen LogP contribution in [0, 0.1) is 10.6 Å². The first-order chi connectivity index (χ1) is 11.7. The van der Waals surface area contributed by atoms with E-state index in [1.807, 2.05) is 30.5 Å². The second-order valence-corrected chi connectivity index (χ2v) is 5.60. The van der Waals surface area contributed by atoms with Crippen molar-refractivity contribution < 1.29 is 4.39 Å². The van der Waals surface area contributed by atoms with Crippen LogP contribution in [0.4, 0.5) is 4.39 Å². The molecule has 5 nitrogen and oxygen atoms in total. The van der Waals surface area contributed by atoms with E-state index in [1.165, 1.54) is 16.8 Å². The lowest BCUT2D eigenvalue weighted by Gasteiger charge is -2.00. The average Bonchev–Trinajstić information content (AvgIpc) is 3.16. The number of rotatable bonds is 3. The Balaban J connectivity index is 1.78. The molecule has 0 spiro atoms. The fourth-order valence-corrected chi connectivity index (χ4v) is 2.71. The molecule has 0 fully saturated rings. The molecule has 0 unspecified atom stereocenters. The molecule has 0 amide bonds. The van der Waals surface area contributed by atoms with Gasteiger partial charge in [-0.1, -0.05) is 30.3 Å². The molecule has 0 atom stereocenters. The number of hydrogen-bond acceptors (Lipinski definition) is 3. The first-order valence-corrected chi connectivity index (χ1v) is 7.67. The van der Waals surface area contributed by atoms with E-state index < -0.39 is 0 Å². The first-order valence-electron chi connectivity index (χ1n) is 7.26. The minimum Gasteiger partial charge on any atom is -0.361 e. The van der Waals surface area contributed by atoms with Gasteiger partial charge in [-0.2, -0.15) is 14.9 Å². The van der Waals surface area contributed by atoms with Crippen LogP contribution < -0.4 is 0 Å². The lowest BCUT2D eigenvalue weighted by Crippen LogP contribution is -1.95. The molecule has 2 N–H and O–H groups in total. The predicted octanol–water partition coefficient (Wildman–Crippen LogP) is 4.11. The Hall–Kier alpha value is -3.06. The van der Waals surface area contributed by atoms with E-state index >= 15 is 0 Å². The molecule has 0 saturated carbocycles. The average molecular weight is 337 g/mol. The van der Waals surface area contributed by atoms with E-state index in [4.69, 9.17) is 12.2 Å². The first kappa shape index (κ1) is 14.5. The summed E-state index contributed by atoms with van der Waals surface area (Å²) in [5, 5.41) is 12.3. The number of aromatic nitrogens is 4. The molecule has 4 aromatic rings. The van der Waals surface area contributed by atoms with Crippen LogP contribution in [0.25, 0.3) is 22.3 Å². The minimum atomic E-state index is -0.339. The molecule has 2 aromatic carbocycles. The molecule has 2 heterocycles. The molecular weight excluding hydrogens is 325 g/mol. The van der Waals surface area contributed by atoms with E-state index in [0.29, 0.717) is 16.2 Å². The quantitative estimate of drug-likeness (QED) is 0.436. The highest BCUT2D eigenvalue weighted by Gasteiger charge is 2.09. The van der Waals surface area contributed by atoms with Gasteiger partial charge in [0.2, 0.25) is 4.77 Å². The maximum Gasteiger partial charge on any atom is 0.216 e. The summed E-state index contributed by atoms with van der Waals surface area (Å²) in [7, 11) is 0. The number of aromatic amines is 2. The lowest BCUT2D eigenvalue weighted by molar-refractivity contribution is 0.628. The van der Waals surface area contributed by atoms with Crippen molar-refractivity contribution in [2.45, 2.75) is 0 Å².